The van der Waals surface area contributed by atoms with E-state index >= 15 is 0 Å². The molecular weight excluding hydrogens is 359 g/mol. The average Bonchev–Trinajstić information content (AvgIpc) is 3.10. The van der Waals surface area contributed by atoms with Gasteiger partial charge in [0.15, 0.2) is 0 Å². The summed E-state index contributed by atoms with van der Waals surface area (Å²) < 4.78 is 38.1. The number of aromatic nitrogens is 4. The molecule has 0 atom stereocenters. The largest absolute Gasteiger partial charge is 0.416 e. The Hall–Kier alpha value is -3.38. The van der Waals surface area contributed by atoms with Crippen molar-refractivity contribution >= 4 is 11.4 Å². The minimum Gasteiger partial charge on any atom is -0.394 e. The lowest BCUT2D eigenvalue weighted by Gasteiger charge is -2.12. The van der Waals surface area contributed by atoms with Crippen LogP contribution in [0.1, 0.15) is 11.1 Å². The fourth-order valence-electron chi connectivity index (χ4n) is 2.36. The minimum atomic E-state index is -4.40. The first-order chi connectivity index (χ1) is 12.9. The lowest BCUT2D eigenvalue weighted by Crippen LogP contribution is -2.06. The van der Waals surface area contributed by atoms with Gasteiger partial charge in [-0.05, 0) is 47.7 Å². The molecule has 0 spiro atoms. The van der Waals surface area contributed by atoms with Crippen LogP contribution in [0.5, 0.6) is 0 Å². The topological polar surface area (TPSA) is 75.9 Å². The SMILES string of the molecule is C#Cc1ccc(Nc2ccc(C(F)(F)F)cc2)c(-c2nnn(CCO)n2)c1. The predicted molar refractivity (Wildman–Crippen MR) is 93.0 cm³/mol. The fourth-order valence-corrected chi connectivity index (χ4v) is 2.36. The van der Waals surface area contributed by atoms with Crippen LogP contribution >= 0.6 is 0 Å². The van der Waals surface area contributed by atoms with Gasteiger partial charge in [-0.3, -0.25) is 0 Å². The smallest absolute Gasteiger partial charge is 0.394 e. The number of aliphatic hydroxyl groups is 1. The summed E-state index contributed by atoms with van der Waals surface area (Å²) in [6.07, 6.45) is 1.04. The van der Waals surface area contributed by atoms with Crippen molar-refractivity contribution in [3.63, 3.8) is 0 Å². The molecule has 0 radical (unpaired) electrons. The van der Waals surface area contributed by atoms with Gasteiger partial charge in [-0.1, -0.05) is 5.92 Å². The van der Waals surface area contributed by atoms with Crippen molar-refractivity contribution < 1.29 is 18.3 Å². The summed E-state index contributed by atoms with van der Waals surface area (Å²) in [4.78, 5) is 1.24. The van der Waals surface area contributed by atoms with Crippen LogP contribution in [0.3, 0.4) is 0 Å². The molecule has 1 heterocycles. The summed E-state index contributed by atoms with van der Waals surface area (Å²) in [5.74, 6) is 2.78. The number of alkyl halides is 3. The molecule has 3 rings (SSSR count). The van der Waals surface area contributed by atoms with E-state index in [0.717, 1.165) is 12.1 Å². The third kappa shape index (κ3) is 4.24. The van der Waals surface area contributed by atoms with Crippen LogP contribution in [-0.2, 0) is 12.7 Å². The molecule has 0 bridgehead atoms. The lowest BCUT2D eigenvalue weighted by molar-refractivity contribution is -0.137. The maximum atomic E-state index is 12.7. The first kappa shape index (κ1) is 18.4. The molecule has 2 N–H and O–H groups in total. The van der Waals surface area contributed by atoms with Gasteiger partial charge in [0.2, 0.25) is 5.82 Å². The number of benzene rings is 2. The molecule has 0 unspecified atom stereocenters. The molecule has 0 saturated carbocycles. The van der Waals surface area contributed by atoms with Gasteiger partial charge in [0, 0.05) is 22.5 Å². The van der Waals surface area contributed by atoms with Crippen molar-refractivity contribution in [2.75, 3.05) is 11.9 Å². The molecule has 9 heteroatoms. The second kappa shape index (κ2) is 7.47. The number of halogens is 3. The van der Waals surface area contributed by atoms with Crippen LogP contribution in [-0.4, -0.2) is 31.9 Å². The predicted octanol–water partition coefficient (Wildman–Crippen LogP) is 3.08. The van der Waals surface area contributed by atoms with Gasteiger partial charge in [0.1, 0.15) is 0 Å². The number of hydrogen-bond acceptors (Lipinski definition) is 5. The van der Waals surface area contributed by atoms with Gasteiger partial charge >= 0.3 is 6.18 Å². The van der Waals surface area contributed by atoms with Crippen molar-refractivity contribution in [3.05, 3.63) is 53.6 Å². The summed E-state index contributed by atoms with van der Waals surface area (Å²) in [7, 11) is 0. The first-order valence-electron chi connectivity index (χ1n) is 7.84. The zero-order valence-corrected chi connectivity index (χ0v) is 13.9. The molecule has 138 valence electrons. The second-order valence-electron chi connectivity index (χ2n) is 5.54. The van der Waals surface area contributed by atoms with Crippen LogP contribution in [0.25, 0.3) is 11.4 Å². The minimum absolute atomic E-state index is 0.142. The quantitative estimate of drug-likeness (QED) is 0.673. The number of hydrogen-bond donors (Lipinski definition) is 2. The van der Waals surface area contributed by atoms with Crippen LogP contribution in [0.4, 0.5) is 24.5 Å². The van der Waals surface area contributed by atoms with Crippen molar-refractivity contribution in [1.82, 2.24) is 20.2 Å². The third-order valence-electron chi connectivity index (χ3n) is 3.67. The summed E-state index contributed by atoms with van der Waals surface area (Å²) in [6, 6.07) is 9.70. The van der Waals surface area contributed by atoms with Crippen molar-refractivity contribution in [2.45, 2.75) is 12.7 Å². The molecule has 0 aliphatic carbocycles. The molecule has 6 nitrogen and oxygen atoms in total. The van der Waals surface area contributed by atoms with Gasteiger partial charge in [0.05, 0.1) is 18.7 Å². The van der Waals surface area contributed by atoms with E-state index in [1.165, 1.54) is 16.9 Å². The molecule has 0 aliphatic rings. The Morgan fingerprint density at radius 3 is 2.52 bits per heavy atom. The highest BCUT2D eigenvalue weighted by Gasteiger charge is 2.29. The third-order valence-corrected chi connectivity index (χ3v) is 3.67. The number of rotatable bonds is 5. The summed E-state index contributed by atoms with van der Waals surface area (Å²) in [6.45, 7) is 0.0420. The fraction of sp³-hybridized carbons (Fsp3) is 0.167. The molecule has 27 heavy (non-hydrogen) atoms. The number of tetrazole rings is 1. The summed E-state index contributed by atoms with van der Waals surface area (Å²) >= 11 is 0. The monoisotopic (exact) mass is 373 g/mol. The molecule has 1 aromatic heterocycles. The van der Waals surface area contributed by atoms with Crippen molar-refractivity contribution in [3.8, 4) is 23.7 Å². The Kier molecular flexibility index (Phi) is 5.09. The van der Waals surface area contributed by atoms with Crippen LogP contribution in [0.15, 0.2) is 42.5 Å². The zero-order valence-electron chi connectivity index (χ0n) is 13.9. The van der Waals surface area contributed by atoms with Gasteiger partial charge in [-0.15, -0.1) is 16.6 Å². The van der Waals surface area contributed by atoms with E-state index in [4.69, 9.17) is 11.5 Å². The Morgan fingerprint density at radius 2 is 1.89 bits per heavy atom. The van der Waals surface area contributed by atoms with E-state index in [1.54, 1.807) is 18.2 Å². The van der Waals surface area contributed by atoms with Crippen LogP contribution < -0.4 is 5.32 Å². The average molecular weight is 373 g/mol. The van der Waals surface area contributed by atoms with E-state index in [2.05, 4.69) is 26.6 Å². The number of terminal acetylenes is 1. The molecule has 2 aromatic carbocycles. The number of nitrogens with zero attached hydrogens (tertiary/aromatic N) is 4. The number of anilines is 2. The van der Waals surface area contributed by atoms with Crippen molar-refractivity contribution in [1.29, 1.82) is 0 Å². The van der Waals surface area contributed by atoms with Crippen LogP contribution in [0.2, 0.25) is 0 Å². The van der Waals surface area contributed by atoms with Crippen molar-refractivity contribution in [2.24, 2.45) is 0 Å². The number of aliphatic hydroxyl groups excluding tert-OH is 1. The highest BCUT2D eigenvalue weighted by Crippen LogP contribution is 2.32. The Bertz CT molecular complexity index is 974. The number of nitrogens with one attached hydrogen (secondary N) is 1. The Balaban J connectivity index is 1.94. The molecule has 0 amide bonds. The van der Waals surface area contributed by atoms with Gasteiger partial charge < -0.3 is 10.4 Å². The summed E-state index contributed by atoms with van der Waals surface area (Å²) in [5.41, 5.74) is 1.40. The van der Waals surface area contributed by atoms with Gasteiger partial charge in [-0.2, -0.15) is 18.0 Å². The molecular formula is C18H14F3N5O. The maximum Gasteiger partial charge on any atom is 0.416 e. The summed E-state index contributed by atoms with van der Waals surface area (Å²) in [5, 5.41) is 24.0. The zero-order chi connectivity index (χ0) is 19.4. The second-order valence-corrected chi connectivity index (χ2v) is 5.54. The van der Waals surface area contributed by atoms with E-state index in [-0.39, 0.29) is 19.0 Å². The highest BCUT2D eigenvalue weighted by atomic mass is 19.4. The van der Waals surface area contributed by atoms with E-state index < -0.39 is 11.7 Å². The van der Waals surface area contributed by atoms with E-state index in [9.17, 15) is 13.2 Å². The van der Waals surface area contributed by atoms with Gasteiger partial charge in [-0.25, -0.2) is 0 Å². The standard InChI is InChI=1S/C18H14F3N5O/c1-2-12-3-8-16(15(11-12)17-23-25-26(24-17)9-10-27)22-14-6-4-13(5-7-14)18(19,20)21/h1,3-8,11,22,27H,9-10H2. The molecule has 3 aromatic rings. The van der Waals surface area contributed by atoms with E-state index in [1.807, 2.05) is 0 Å². The maximum absolute atomic E-state index is 12.7. The molecule has 0 fully saturated rings. The van der Waals surface area contributed by atoms with Gasteiger partial charge in [0.25, 0.3) is 0 Å². The Morgan fingerprint density at radius 1 is 1.15 bits per heavy atom. The normalized spacial score (nSPS) is 11.2. The first-order valence-corrected chi connectivity index (χ1v) is 7.84. The molecule has 0 saturated heterocycles. The molecule has 0 aliphatic heterocycles. The Labute approximate surface area is 152 Å². The lowest BCUT2D eigenvalue weighted by atomic mass is 10.1. The van der Waals surface area contributed by atoms with E-state index in [0.29, 0.717) is 22.5 Å². The highest BCUT2D eigenvalue weighted by molar-refractivity contribution is 5.78. The van der Waals surface area contributed by atoms with Crippen LogP contribution in [0, 0.1) is 12.3 Å².